The van der Waals surface area contributed by atoms with Crippen LogP contribution in [0.2, 0.25) is 0 Å². The van der Waals surface area contributed by atoms with Gasteiger partial charge in [0.1, 0.15) is 6.54 Å². The van der Waals surface area contributed by atoms with Gasteiger partial charge in [-0.25, -0.2) is 4.99 Å². The van der Waals surface area contributed by atoms with Gasteiger partial charge in [-0.1, -0.05) is 40.0 Å². The zero-order valence-electron chi connectivity index (χ0n) is 14.7. The van der Waals surface area contributed by atoms with Crippen LogP contribution in [0, 0.1) is 5.92 Å². The Morgan fingerprint density at radius 1 is 1.19 bits per heavy atom. The molecule has 0 fully saturated rings. The zero-order chi connectivity index (χ0) is 16.3. The minimum absolute atomic E-state index is 0.0132. The average molecular weight is 298 g/mol. The summed E-state index contributed by atoms with van der Waals surface area (Å²) in [5.74, 6) is 1.29. The number of rotatable bonds is 9. The molecule has 0 spiro atoms. The fraction of sp³-hybridized carbons (Fsp3) is 0.875. The maximum atomic E-state index is 11.6. The normalized spacial score (nSPS) is 13.2. The minimum Gasteiger partial charge on any atom is -0.356 e. The van der Waals surface area contributed by atoms with Gasteiger partial charge in [0.05, 0.1) is 0 Å². The smallest absolute Gasteiger partial charge is 0.243 e. The summed E-state index contributed by atoms with van der Waals surface area (Å²) < 4.78 is 0. The molecular weight excluding hydrogens is 264 g/mol. The summed E-state index contributed by atoms with van der Waals surface area (Å²) >= 11 is 0. The zero-order valence-corrected chi connectivity index (χ0v) is 14.7. The monoisotopic (exact) mass is 298 g/mol. The molecule has 0 aromatic heterocycles. The van der Waals surface area contributed by atoms with E-state index in [2.05, 4.69) is 43.3 Å². The molecule has 2 N–H and O–H groups in total. The van der Waals surface area contributed by atoms with Crippen molar-refractivity contribution >= 4 is 11.9 Å². The van der Waals surface area contributed by atoms with Gasteiger partial charge in [-0.2, -0.15) is 0 Å². The van der Waals surface area contributed by atoms with Crippen molar-refractivity contribution in [3.63, 3.8) is 0 Å². The average Bonchev–Trinajstić information content (AvgIpc) is 2.41. The standard InChI is InChI=1S/C16H34N4O/c1-7-8-9-10-14(4)19-16(17-11-13(2)3)18-12-15(21)20(5)6/h13-14H,7-12H2,1-6H3,(H2,17,18,19). The molecule has 0 aliphatic heterocycles. The first-order chi connectivity index (χ1) is 9.86. The highest BCUT2D eigenvalue weighted by atomic mass is 16.2. The van der Waals surface area contributed by atoms with Crippen LogP contribution < -0.4 is 10.6 Å². The van der Waals surface area contributed by atoms with Gasteiger partial charge >= 0.3 is 0 Å². The molecule has 0 rings (SSSR count). The molecule has 1 amide bonds. The van der Waals surface area contributed by atoms with Gasteiger partial charge in [-0.05, 0) is 19.3 Å². The Balaban J connectivity index is 4.43. The van der Waals surface area contributed by atoms with Crippen LogP contribution in [0.1, 0.15) is 53.4 Å². The summed E-state index contributed by atoms with van der Waals surface area (Å²) in [6.07, 6.45) is 4.84. The molecule has 0 radical (unpaired) electrons. The molecule has 21 heavy (non-hydrogen) atoms. The number of likely N-dealkylation sites (N-methyl/N-ethyl adjacent to an activating group) is 1. The molecule has 0 aliphatic rings. The molecule has 0 aliphatic carbocycles. The Kier molecular flexibility index (Phi) is 10.7. The van der Waals surface area contributed by atoms with Crippen molar-refractivity contribution in [1.29, 1.82) is 0 Å². The number of carbonyl (C=O) groups is 1. The highest BCUT2D eigenvalue weighted by Crippen LogP contribution is 2.02. The largest absolute Gasteiger partial charge is 0.356 e. The molecule has 0 aromatic carbocycles. The van der Waals surface area contributed by atoms with Crippen LogP contribution in [0.5, 0.6) is 0 Å². The lowest BCUT2D eigenvalue weighted by atomic mass is 10.1. The fourth-order valence-corrected chi connectivity index (χ4v) is 1.75. The second-order valence-electron chi connectivity index (χ2n) is 6.27. The molecule has 0 bridgehead atoms. The summed E-state index contributed by atoms with van der Waals surface area (Å²) in [5.41, 5.74) is 0. The number of aliphatic imine (C=N–C) groups is 1. The molecule has 0 saturated carbocycles. The summed E-state index contributed by atoms with van der Waals surface area (Å²) in [5, 5.41) is 6.70. The van der Waals surface area contributed by atoms with E-state index in [1.54, 1.807) is 19.0 Å². The molecule has 0 aromatic rings. The van der Waals surface area contributed by atoms with Gasteiger partial charge in [0.15, 0.2) is 5.96 Å². The molecule has 124 valence electrons. The van der Waals surface area contributed by atoms with Crippen LogP contribution >= 0.6 is 0 Å². The number of nitrogens with zero attached hydrogens (tertiary/aromatic N) is 2. The molecule has 5 nitrogen and oxygen atoms in total. The van der Waals surface area contributed by atoms with Gasteiger partial charge in [0, 0.05) is 26.7 Å². The van der Waals surface area contributed by atoms with Gasteiger partial charge in [-0.15, -0.1) is 0 Å². The Morgan fingerprint density at radius 2 is 1.86 bits per heavy atom. The number of nitrogens with one attached hydrogen (secondary N) is 2. The topological polar surface area (TPSA) is 56.7 Å². The summed E-state index contributed by atoms with van der Waals surface area (Å²) in [6.45, 7) is 9.71. The van der Waals surface area contributed by atoms with E-state index in [0.29, 0.717) is 12.0 Å². The van der Waals surface area contributed by atoms with Gasteiger partial charge in [0.2, 0.25) is 5.91 Å². The van der Waals surface area contributed by atoms with E-state index >= 15 is 0 Å². The van der Waals surface area contributed by atoms with Crippen molar-refractivity contribution in [3.05, 3.63) is 0 Å². The number of hydrogen-bond donors (Lipinski definition) is 2. The third-order valence-electron chi connectivity index (χ3n) is 3.17. The third kappa shape index (κ3) is 11.1. The van der Waals surface area contributed by atoms with Crippen LogP contribution in [-0.2, 0) is 4.79 Å². The van der Waals surface area contributed by atoms with Crippen molar-refractivity contribution < 1.29 is 4.79 Å². The lowest BCUT2D eigenvalue weighted by Crippen LogP contribution is -2.44. The van der Waals surface area contributed by atoms with Crippen molar-refractivity contribution in [2.45, 2.75) is 59.4 Å². The number of carbonyl (C=O) groups excluding carboxylic acids is 1. The van der Waals surface area contributed by atoms with E-state index in [1.807, 2.05) is 0 Å². The van der Waals surface area contributed by atoms with Crippen molar-refractivity contribution in [2.75, 3.05) is 27.2 Å². The molecular formula is C16H34N4O. The van der Waals surface area contributed by atoms with Gasteiger partial charge in [-0.3, -0.25) is 4.79 Å². The predicted molar refractivity (Wildman–Crippen MR) is 90.6 cm³/mol. The minimum atomic E-state index is 0.0132. The van der Waals surface area contributed by atoms with E-state index in [1.165, 1.54) is 19.3 Å². The Hall–Kier alpha value is -1.26. The Labute approximate surface area is 130 Å². The summed E-state index contributed by atoms with van der Waals surface area (Å²) in [4.78, 5) is 17.6. The predicted octanol–water partition coefficient (Wildman–Crippen LogP) is 2.23. The lowest BCUT2D eigenvalue weighted by Gasteiger charge is -2.19. The first-order valence-corrected chi connectivity index (χ1v) is 8.11. The lowest BCUT2D eigenvalue weighted by molar-refractivity contribution is -0.127. The number of hydrogen-bond acceptors (Lipinski definition) is 2. The molecule has 0 heterocycles. The van der Waals surface area contributed by atoms with E-state index in [0.717, 1.165) is 18.9 Å². The van der Waals surface area contributed by atoms with E-state index in [4.69, 9.17) is 0 Å². The summed E-state index contributed by atoms with van der Waals surface area (Å²) in [6, 6.07) is 0.365. The first-order valence-electron chi connectivity index (χ1n) is 8.11. The fourth-order valence-electron chi connectivity index (χ4n) is 1.75. The van der Waals surface area contributed by atoms with Crippen LogP contribution in [0.15, 0.2) is 4.99 Å². The quantitative estimate of drug-likeness (QED) is 0.390. The van der Waals surface area contributed by atoms with Crippen molar-refractivity contribution in [3.8, 4) is 0 Å². The van der Waals surface area contributed by atoms with Crippen LogP contribution in [0.25, 0.3) is 0 Å². The van der Waals surface area contributed by atoms with Crippen LogP contribution in [0.4, 0.5) is 0 Å². The van der Waals surface area contributed by atoms with E-state index < -0.39 is 0 Å². The SMILES string of the molecule is CCCCCC(C)NC(=NCC(=O)N(C)C)NCC(C)C. The molecule has 5 heteroatoms. The van der Waals surface area contributed by atoms with Crippen LogP contribution in [-0.4, -0.2) is 50.0 Å². The molecule has 0 saturated heterocycles. The highest BCUT2D eigenvalue weighted by molar-refractivity contribution is 5.84. The number of guanidine groups is 1. The second-order valence-corrected chi connectivity index (χ2v) is 6.27. The second kappa shape index (κ2) is 11.4. The summed E-state index contributed by atoms with van der Waals surface area (Å²) in [7, 11) is 3.50. The number of unbranched alkanes of at least 4 members (excludes halogenated alkanes) is 2. The van der Waals surface area contributed by atoms with Gasteiger partial charge < -0.3 is 15.5 Å². The first kappa shape index (κ1) is 19.7. The Bertz CT molecular complexity index is 313. The number of amides is 1. The molecule has 1 unspecified atom stereocenters. The van der Waals surface area contributed by atoms with E-state index in [-0.39, 0.29) is 12.5 Å². The van der Waals surface area contributed by atoms with Crippen LogP contribution in [0.3, 0.4) is 0 Å². The van der Waals surface area contributed by atoms with Crippen molar-refractivity contribution in [1.82, 2.24) is 15.5 Å². The van der Waals surface area contributed by atoms with Gasteiger partial charge in [0.25, 0.3) is 0 Å². The third-order valence-corrected chi connectivity index (χ3v) is 3.17. The molecule has 1 atom stereocenters. The maximum Gasteiger partial charge on any atom is 0.243 e. The highest BCUT2D eigenvalue weighted by Gasteiger charge is 2.08. The van der Waals surface area contributed by atoms with Crippen molar-refractivity contribution in [2.24, 2.45) is 10.9 Å². The maximum absolute atomic E-state index is 11.6. The Morgan fingerprint density at radius 3 is 2.38 bits per heavy atom. The van der Waals surface area contributed by atoms with E-state index in [9.17, 15) is 4.79 Å².